The first kappa shape index (κ1) is 15.6. The second-order valence-corrected chi connectivity index (χ2v) is 6.06. The van der Waals surface area contributed by atoms with Crippen molar-refractivity contribution in [2.24, 2.45) is 0 Å². The number of carbonyl (C=O) groups excluding carboxylic acids is 1. The summed E-state index contributed by atoms with van der Waals surface area (Å²) in [5, 5.41) is 1.15. The van der Waals surface area contributed by atoms with E-state index in [0.717, 1.165) is 27.6 Å². The lowest BCUT2D eigenvalue weighted by atomic mass is 10.2. The van der Waals surface area contributed by atoms with Gasteiger partial charge in [-0.2, -0.15) is 0 Å². The first-order chi connectivity index (χ1) is 12.1. The third kappa shape index (κ3) is 2.83. The molecule has 1 N–H and O–H groups in total. The Kier molecular flexibility index (Phi) is 3.86. The Morgan fingerprint density at radius 2 is 1.76 bits per heavy atom. The van der Waals surface area contributed by atoms with Crippen molar-refractivity contribution in [1.29, 1.82) is 0 Å². The van der Waals surface area contributed by atoms with E-state index in [9.17, 15) is 4.79 Å². The minimum atomic E-state index is -0.518. The van der Waals surface area contributed by atoms with Gasteiger partial charge in [0.2, 0.25) is 0 Å². The average molecular weight is 352 g/mol. The number of rotatable bonds is 3. The molecule has 4 aromatic rings. The number of halogens is 1. The number of nitrogens with one attached hydrogen (secondary N) is 1. The number of fused-ring (bicyclic) bond motifs is 2. The van der Waals surface area contributed by atoms with Crippen molar-refractivity contribution in [3.05, 3.63) is 70.6 Å². The summed E-state index contributed by atoms with van der Waals surface area (Å²) in [7, 11) is 0. The molecule has 0 aliphatic carbocycles. The first-order valence-electron chi connectivity index (χ1n) is 7.79. The molecule has 0 saturated heterocycles. The topological polar surface area (TPSA) is 67.9 Å². The molecule has 2 aromatic carbocycles. The third-order valence-electron chi connectivity index (χ3n) is 4.03. The summed E-state index contributed by atoms with van der Waals surface area (Å²) >= 11 is 6.28. The van der Waals surface area contributed by atoms with Gasteiger partial charge in [0.05, 0.1) is 27.4 Å². The van der Waals surface area contributed by atoms with Crippen LogP contribution in [0.15, 0.2) is 48.5 Å². The zero-order chi connectivity index (χ0) is 17.4. The molecule has 0 amide bonds. The van der Waals surface area contributed by atoms with Gasteiger partial charge in [-0.25, -0.2) is 14.8 Å². The van der Waals surface area contributed by atoms with Crippen molar-refractivity contribution in [1.82, 2.24) is 15.0 Å². The van der Waals surface area contributed by atoms with Crippen molar-refractivity contribution >= 4 is 39.5 Å². The van der Waals surface area contributed by atoms with Gasteiger partial charge in [0.1, 0.15) is 12.3 Å². The van der Waals surface area contributed by atoms with Crippen LogP contribution in [0, 0.1) is 6.92 Å². The minimum absolute atomic E-state index is 0.0359. The van der Waals surface area contributed by atoms with Crippen molar-refractivity contribution < 1.29 is 9.53 Å². The first-order valence-corrected chi connectivity index (χ1v) is 8.17. The van der Waals surface area contributed by atoms with Crippen LogP contribution in [0.3, 0.4) is 0 Å². The highest BCUT2D eigenvalue weighted by Crippen LogP contribution is 2.27. The largest absolute Gasteiger partial charge is 0.454 e. The number of nitrogens with zero attached hydrogens (tertiary/aromatic N) is 2. The minimum Gasteiger partial charge on any atom is -0.454 e. The van der Waals surface area contributed by atoms with E-state index in [4.69, 9.17) is 16.3 Å². The van der Waals surface area contributed by atoms with E-state index in [1.165, 1.54) is 0 Å². The summed E-state index contributed by atoms with van der Waals surface area (Å²) in [6.45, 7) is 1.88. The van der Waals surface area contributed by atoms with E-state index in [-0.39, 0.29) is 12.3 Å². The summed E-state index contributed by atoms with van der Waals surface area (Å²) in [4.78, 5) is 24.4. The van der Waals surface area contributed by atoms with Crippen molar-refractivity contribution in [2.75, 3.05) is 0 Å². The van der Waals surface area contributed by atoms with Crippen LogP contribution in [-0.2, 0) is 11.3 Å². The summed E-state index contributed by atoms with van der Waals surface area (Å²) in [6.07, 6.45) is 0. The lowest BCUT2D eigenvalue weighted by Crippen LogP contribution is -2.09. The monoisotopic (exact) mass is 351 g/mol. The SMILES string of the molecule is Cc1nc2ccccc2nc1COC(=O)c1[nH]c2ccccc2c1Cl. The Balaban J connectivity index is 1.59. The maximum Gasteiger partial charge on any atom is 0.356 e. The van der Waals surface area contributed by atoms with Gasteiger partial charge >= 0.3 is 5.97 Å². The molecule has 5 nitrogen and oxygen atoms in total. The fourth-order valence-corrected chi connectivity index (χ4v) is 3.01. The molecule has 0 saturated carbocycles. The van der Waals surface area contributed by atoms with Crippen LogP contribution < -0.4 is 0 Å². The fourth-order valence-electron chi connectivity index (χ4n) is 2.72. The van der Waals surface area contributed by atoms with E-state index < -0.39 is 5.97 Å². The van der Waals surface area contributed by atoms with Crippen LogP contribution in [-0.4, -0.2) is 20.9 Å². The number of aromatic nitrogens is 3. The van der Waals surface area contributed by atoms with Crippen LogP contribution in [0.4, 0.5) is 0 Å². The van der Waals surface area contributed by atoms with Crippen molar-refractivity contribution in [2.45, 2.75) is 13.5 Å². The standard InChI is InChI=1S/C19H14ClN3O2/c1-11-16(22-15-9-5-4-8-14(15)21-11)10-25-19(24)18-17(20)12-6-2-3-7-13(12)23-18/h2-9,23H,10H2,1H3. The Labute approximate surface area is 148 Å². The molecule has 0 fully saturated rings. The van der Waals surface area contributed by atoms with Gasteiger partial charge in [0.15, 0.2) is 0 Å². The number of aromatic amines is 1. The normalized spacial score (nSPS) is 11.1. The van der Waals surface area contributed by atoms with Gasteiger partial charge < -0.3 is 9.72 Å². The molecular formula is C19H14ClN3O2. The highest BCUT2D eigenvalue weighted by molar-refractivity contribution is 6.38. The van der Waals surface area contributed by atoms with Crippen LogP contribution >= 0.6 is 11.6 Å². The summed E-state index contributed by atoms with van der Waals surface area (Å²) in [5.41, 5.74) is 3.97. The fraction of sp³-hybridized carbons (Fsp3) is 0.105. The zero-order valence-corrected chi connectivity index (χ0v) is 14.2. The molecule has 0 aliphatic heterocycles. The molecule has 124 valence electrons. The summed E-state index contributed by atoms with van der Waals surface area (Å²) in [5.74, 6) is -0.518. The molecular weight excluding hydrogens is 338 g/mol. The smallest absolute Gasteiger partial charge is 0.356 e. The number of hydrogen-bond acceptors (Lipinski definition) is 4. The van der Waals surface area contributed by atoms with Gasteiger partial charge in [-0.3, -0.25) is 0 Å². The lowest BCUT2D eigenvalue weighted by Gasteiger charge is -2.07. The van der Waals surface area contributed by atoms with E-state index in [1.807, 2.05) is 55.5 Å². The molecule has 0 radical (unpaired) electrons. The lowest BCUT2D eigenvalue weighted by molar-refractivity contribution is 0.0461. The zero-order valence-electron chi connectivity index (χ0n) is 13.4. The number of aryl methyl sites for hydroxylation is 1. The molecule has 0 bridgehead atoms. The van der Waals surface area contributed by atoms with E-state index >= 15 is 0 Å². The molecule has 6 heteroatoms. The van der Waals surface area contributed by atoms with Crippen LogP contribution in [0.25, 0.3) is 21.9 Å². The maximum atomic E-state index is 12.4. The summed E-state index contributed by atoms with van der Waals surface area (Å²) < 4.78 is 5.40. The van der Waals surface area contributed by atoms with Gasteiger partial charge in [0.25, 0.3) is 0 Å². The van der Waals surface area contributed by atoms with Gasteiger partial charge in [-0.1, -0.05) is 41.9 Å². The number of para-hydroxylation sites is 3. The number of carbonyl (C=O) groups is 1. The second-order valence-electron chi connectivity index (χ2n) is 5.68. The maximum absolute atomic E-state index is 12.4. The Morgan fingerprint density at radius 1 is 1.08 bits per heavy atom. The van der Waals surface area contributed by atoms with Crippen molar-refractivity contribution in [3.8, 4) is 0 Å². The quantitative estimate of drug-likeness (QED) is 0.554. The Morgan fingerprint density at radius 3 is 2.52 bits per heavy atom. The van der Waals surface area contributed by atoms with Gasteiger partial charge in [-0.05, 0) is 25.1 Å². The molecule has 0 aliphatic rings. The average Bonchev–Trinajstić information content (AvgIpc) is 2.97. The Bertz CT molecular complexity index is 1100. The predicted molar refractivity (Wildman–Crippen MR) is 96.7 cm³/mol. The molecule has 2 aromatic heterocycles. The van der Waals surface area contributed by atoms with E-state index in [2.05, 4.69) is 15.0 Å². The molecule has 0 atom stereocenters. The second kappa shape index (κ2) is 6.18. The Hall–Kier alpha value is -2.92. The number of H-pyrrole nitrogens is 1. The van der Waals surface area contributed by atoms with Crippen LogP contribution in [0.2, 0.25) is 5.02 Å². The van der Waals surface area contributed by atoms with Crippen molar-refractivity contribution in [3.63, 3.8) is 0 Å². The van der Waals surface area contributed by atoms with E-state index in [0.29, 0.717) is 10.7 Å². The molecule has 2 heterocycles. The number of hydrogen-bond donors (Lipinski definition) is 1. The molecule has 0 unspecified atom stereocenters. The van der Waals surface area contributed by atoms with Crippen LogP contribution in [0.5, 0.6) is 0 Å². The molecule has 0 spiro atoms. The number of esters is 1. The van der Waals surface area contributed by atoms with Gasteiger partial charge in [0, 0.05) is 10.9 Å². The number of benzene rings is 2. The highest BCUT2D eigenvalue weighted by atomic mass is 35.5. The van der Waals surface area contributed by atoms with E-state index in [1.54, 1.807) is 0 Å². The molecule has 25 heavy (non-hydrogen) atoms. The predicted octanol–water partition coefficient (Wildman–Crippen LogP) is 4.43. The number of ether oxygens (including phenoxy) is 1. The van der Waals surface area contributed by atoms with Crippen LogP contribution in [0.1, 0.15) is 21.9 Å². The van der Waals surface area contributed by atoms with Gasteiger partial charge in [-0.15, -0.1) is 0 Å². The highest BCUT2D eigenvalue weighted by Gasteiger charge is 2.18. The summed E-state index contributed by atoms with van der Waals surface area (Å²) in [6, 6.07) is 15.0. The third-order valence-corrected chi connectivity index (χ3v) is 4.42. The molecule has 4 rings (SSSR count).